The molecule has 0 saturated heterocycles. The first kappa shape index (κ1) is 14.9. The number of rotatable bonds is 4. The van der Waals surface area contributed by atoms with Gasteiger partial charge in [0.2, 0.25) is 0 Å². The first-order chi connectivity index (χ1) is 10.7. The lowest BCUT2D eigenvalue weighted by Crippen LogP contribution is -2.39. The molecule has 1 N–H and O–H groups in total. The number of nitrogens with one attached hydrogen (secondary N) is 1. The highest BCUT2D eigenvalue weighted by molar-refractivity contribution is 5.88. The van der Waals surface area contributed by atoms with Crippen LogP contribution in [-0.2, 0) is 4.79 Å². The van der Waals surface area contributed by atoms with E-state index >= 15 is 0 Å². The Morgan fingerprint density at radius 3 is 2.64 bits per heavy atom. The quantitative estimate of drug-likeness (QED) is 0.929. The molecule has 0 aromatic heterocycles. The molecular weight excluding hydrogens is 274 g/mol. The van der Waals surface area contributed by atoms with Crippen LogP contribution in [0, 0.1) is 5.92 Å². The normalized spacial score (nSPS) is 21.5. The van der Waals surface area contributed by atoms with Crippen LogP contribution >= 0.6 is 0 Å². The van der Waals surface area contributed by atoms with Crippen molar-refractivity contribution in [2.45, 2.75) is 38.6 Å². The number of carbonyl (C=O) groups is 1. The molecule has 3 rings (SSSR count). The molecule has 2 aromatic carbocycles. The van der Waals surface area contributed by atoms with Gasteiger partial charge in [-0.15, -0.1) is 0 Å². The van der Waals surface area contributed by atoms with Gasteiger partial charge in [0.1, 0.15) is 5.75 Å². The molecule has 3 heteroatoms. The Balaban J connectivity index is 1.56. The second-order valence-electron chi connectivity index (χ2n) is 6.29. The summed E-state index contributed by atoms with van der Waals surface area (Å²) in [6.07, 6.45) is 4.58. The standard InChI is InChI=1S/C19H23NO2/c1-14-9-11-16(12-10-14)20-19(21)13-22-18-8-4-6-15-5-2-3-7-17(15)18/h2-8,14,16H,9-13H2,1H3,(H,20,21). The van der Waals surface area contributed by atoms with Gasteiger partial charge in [-0.3, -0.25) is 4.79 Å². The molecule has 1 amide bonds. The fourth-order valence-electron chi connectivity index (χ4n) is 3.14. The minimum atomic E-state index is -0.0208. The van der Waals surface area contributed by atoms with E-state index in [1.54, 1.807) is 0 Å². The van der Waals surface area contributed by atoms with Gasteiger partial charge in [0.15, 0.2) is 6.61 Å². The molecule has 116 valence electrons. The third-order valence-electron chi connectivity index (χ3n) is 4.49. The van der Waals surface area contributed by atoms with Crippen molar-refractivity contribution < 1.29 is 9.53 Å². The highest BCUT2D eigenvalue weighted by Crippen LogP contribution is 2.25. The van der Waals surface area contributed by atoms with Crippen molar-refractivity contribution >= 4 is 16.7 Å². The second-order valence-corrected chi connectivity index (χ2v) is 6.29. The van der Waals surface area contributed by atoms with Crippen molar-refractivity contribution in [1.29, 1.82) is 0 Å². The van der Waals surface area contributed by atoms with Crippen LogP contribution in [0.2, 0.25) is 0 Å². The molecule has 22 heavy (non-hydrogen) atoms. The monoisotopic (exact) mass is 297 g/mol. The first-order valence-corrected chi connectivity index (χ1v) is 8.12. The van der Waals surface area contributed by atoms with Crippen LogP contribution in [0.4, 0.5) is 0 Å². The zero-order valence-corrected chi connectivity index (χ0v) is 13.0. The van der Waals surface area contributed by atoms with E-state index in [1.165, 1.54) is 12.8 Å². The van der Waals surface area contributed by atoms with Crippen molar-refractivity contribution in [3.8, 4) is 5.75 Å². The fourth-order valence-corrected chi connectivity index (χ4v) is 3.14. The molecule has 0 heterocycles. The van der Waals surface area contributed by atoms with Crippen LogP contribution in [0.1, 0.15) is 32.6 Å². The maximum Gasteiger partial charge on any atom is 0.258 e. The van der Waals surface area contributed by atoms with Crippen molar-refractivity contribution in [2.24, 2.45) is 5.92 Å². The maximum atomic E-state index is 12.1. The molecule has 1 fully saturated rings. The minimum absolute atomic E-state index is 0.0208. The molecule has 0 atom stereocenters. The molecule has 0 bridgehead atoms. The summed E-state index contributed by atoms with van der Waals surface area (Å²) in [6.45, 7) is 2.36. The summed E-state index contributed by atoms with van der Waals surface area (Å²) in [4.78, 5) is 12.1. The van der Waals surface area contributed by atoms with E-state index in [-0.39, 0.29) is 12.5 Å². The van der Waals surface area contributed by atoms with E-state index in [1.807, 2.05) is 42.5 Å². The van der Waals surface area contributed by atoms with Gasteiger partial charge >= 0.3 is 0 Å². The fraction of sp³-hybridized carbons (Fsp3) is 0.421. The lowest BCUT2D eigenvalue weighted by atomic mass is 9.87. The highest BCUT2D eigenvalue weighted by atomic mass is 16.5. The molecule has 0 radical (unpaired) electrons. The molecule has 2 aromatic rings. The molecular formula is C19H23NO2. The minimum Gasteiger partial charge on any atom is -0.483 e. The number of carbonyl (C=O) groups excluding carboxylic acids is 1. The van der Waals surface area contributed by atoms with Gasteiger partial charge in [-0.25, -0.2) is 0 Å². The Hall–Kier alpha value is -2.03. The van der Waals surface area contributed by atoms with E-state index in [4.69, 9.17) is 4.74 Å². The summed E-state index contributed by atoms with van der Waals surface area (Å²) in [6, 6.07) is 14.3. The van der Waals surface area contributed by atoms with E-state index in [2.05, 4.69) is 12.2 Å². The van der Waals surface area contributed by atoms with Gasteiger partial charge in [-0.05, 0) is 43.1 Å². The average molecular weight is 297 g/mol. The number of hydrogen-bond acceptors (Lipinski definition) is 2. The topological polar surface area (TPSA) is 38.3 Å². The third-order valence-corrected chi connectivity index (χ3v) is 4.49. The molecule has 3 nitrogen and oxygen atoms in total. The Labute approximate surface area is 131 Å². The van der Waals surface area contributed by atoms with Crippen molar-refractivity contribution in [2.75, 3.05) is 6.61 Å². The second kappa shape index (κ2) is 6.82. The molecule has 1 aliphatic rings. The number of hydrogen-bond donors (Lipinski definition) is 1. The van der Waals surface area contributed by atoms with Gasteiger partial charge in [0.25, 0.3) is 5.91 Å². The molecule has 1 aliphatic carbocycles. The zero-order valence-electron chi connectivity index (χ0n) is 13.0. The lowest BCUT2D eigenvalue weighted by Gasteiger charge is -2.26. The van der Waals surface area contributed by atoms with Crippen LogP contribution < -0.4 is 10.1 Å². The van der Waals surface area contributed by atoms with Crippen molar-refractivity contribution in [3.05, 3.63) is 42.5 Å². The molecule has 1 saturated carbocycles. The smallest absolute Gasteiger partial charge is 0.258 e. The summed E-state index contributed by atoms with van der Waals surface area (Å²) in [5.74, 6) is 1.54. The summed E-state index contributed by atoms with van der Waals surface area (Å²) in [5, 5.41) is 5.27. The van der Waals surface area contributed by atoms with Gasteiger partial charge in [0, 0.05) is 11.4 Å². The van der Waals surface area contributed by atoms with Crippen LogP contribution in [0.3, 0.4) is 0 Å². The average Bonchev–Trinajstić information content (AvgIpc) is 2.55. The van der Waals surface area contributed by atoms with Gasteiger partial charge in [-0.1, -0.05) is 43.3 Å². The Bertz CT molecular complexity index is 639. The van der Waals surface area contributed by atoms with Crippen LogP contribution in [0.15, 0.2) is 42.5 Å². The number of ether oxygens (including phenoxy) is 1. The number of benzene rings is 2. The van der Waals surface area contributed by atoms with Crippen LogP contribution in [0.25, 0.3) is 10.8 Å². The Morgan fingerprint density at radius 2 is 1.82 bits per heavy atom. The number of fused-ring (bicyclic) bond motifs is 1. The predicted octanol–water partition coefficient (Wildman–Crippen LogP) is 3.91. The summed E-state index contributed by atoms with van der Waals surface area (Å²) in [7, 11) is 0. The zero-order chi connectivity index (χ0) is 15.4. The Morgan fingerprint density at radius 1 is 1.09 bits per heavy atom. The third kappa shape index (κ3) is 3.59. The summed E-state index contributed by atoms with van der Waals surface area (Å²) >= 11 is 0. The number of amides is 1. The van der Waals surface area contributed by atoms with Gasteiger partial charge in [-0.2, -0.15) is 0 Å². The van der Waals surface area contributed by atoms with E-state index < -0.39 is 0 Å². The lowest BCUT2D eigenvalue weighted by molar-refractivity contribution is -0.124. The van der Waals surface area contributed by atoms with Crippen molar-refractivity contribution in [3.63, 3.8) is 0 Å². The molecule has 0 spiro atoms. The van der Waals surface area contributed by atoms with E-state index in [0.29, 0.717) is 6.04 Å². The Kier molecular flexibility index (Phi) is 4.62. The SMILES string of the molecule is CC1CCC(NC(=O)COc2cccc3ccccc23)CC1. The molecule has 0 aliphatic heterocycles. The first-order valence-electron chi connectivity index (χ1n) is 8.12. The molecule has 0 unspecified atom stereocenters. The highest BCUT2D eigenvalue weighted by Gasteiger charge is 2.19. The maximum absolute atomic E-state index is 12.1. The summed E-state index contributed by atoms with van der Waals surface area (Å²) < 4.78 is 5.73. The van der Waals surface area contributed by atoms with Crippen LogP contribution in [-0.4, -0.2) is 18.6 Å². The van der Waals surface area contributed by atoms with Crippen LogP contribution in [0.5, 0.6) is 5.75 Å². The van der Waals surface area contributed by atoms with E-state index in [0.717, 1.165) is 35.3 Å². The van der Waals surface area contributed by atoms with E-state index in [9.17, 15) is 4.79 Å². The van der Waals surface area contributed by atoms with Gasteiger partial charge in [0.05, 0.1) is 0 Å². The predicted molar refractivity (Wildman–Crippen MR) is 89.0 cm³/mol. The van der Waals surface area contributed by atoms with Crippen molar-refractivity contribution in [1.82, 2.24) is 5.32 Å². The van der Waals surface area contributed by atoms with Gasteiger partial charge < -0.3 is 10.1 Å². The largest absolute Gasteiger partial charge is 0.483 e. The summed E-state index contributed by atoms with van der Waals surface area (Å²) in [5.41, 5.74) is 0.